The van der Waals surface area contributed by atoms with Crippen molar-refractivity contribution in [1.82, 2.24) is 10.3 Å². The number of anilines is 1. The summed E-state index contributed by atoms with van der Waals surface area (Å²) < 4.78 is 43.9. The first-order valence-electron chi connectivity index (χ1n) is 7.55. The third-order valence-electron chi connectivity index (χ3n) is 3.77. The van der Waals surface area contributed by atoms with Gasteiger partial charge in [-0.15, -0.1) is 0 Å². The van der Waals surface area contributed by atoms with Gasteiger partial charge in [0.1, 0.15) is 5.82 Å². The van der Waals surface area contributed by atoms with Crippen LogP contribution in [0.1, 0.15) is 25.3 Å². The van der Waals surface area contributed by atoms with E-state index in [2.05, 4.69) is 15.6 Å². The molecule has 0 spiro atoms. The van der Waals surface area contributed by atoms with Gasteiger partial charge in [0.2, 0.25) is 5.91 Å². The Hall–Kier alpha value is -1.83. The van der Waals surface area contributed by atoms with E-state index in [4.69, 9.17) is 4.74 Å². The highest BCUT2D eigenvalue weighted by Gasteiger charge is 2.34. The van der Waals surface area contributed by atoms with Crippen molar-refractivity contribution in [2.75, 3.05) is 25.0 Å². The number of hydrogen-bond acceptors (Lipinski definition) is 4. The lowest BCUT2D eigenvalue weighted by Gasteiger charge is -2.28. The van der Waals surface area contributed by atoms with Crippen molar-refractivity contribution in [1.29, 1.82) is 0 Å². The molecule has 1 aliphatic rings. The van der Waals surface area contributed by atoms with Crippen molar-refractivity contribution >= 4 is 11.7 Å². The SMILES string of the molecule is CC1OCCCC1C(=O)NCCNc1ncccc1C(F)(F)F. The zero-order valence-electron chi connectivity index (χ0n) is 12.8. The molecule has 2 atom stereocenters. The van der Waals surface area contributed by atoms with E-state index >= 15 is 0 Å². The molecule has 2 N–H and O–H groups in total. The van der Waals surface area contributed by atoms with Crippen molar-refractivity contribution in [3.63, 3.8) is 0 Å². The molecule has 8 heteroatoms. The fraction of sp³-hybridized carbons (Fsp3) is 0.600. The van der Waals surface area contributed by atoms with Gasteiger partial charge < -0.3 is 15.4 Å². The van der Waals surface area contributed by atoms with E-state index in [1.807, 2.05) is 6.92 Å². The highest BCUT2D eigenvalue weighted by molar-refractivity contribution is 5.79. The van der Waals surface area contributed by atoms with Crippen molar-refractivity contribution in [3.05, 3.63) is 23.9 Å². The summed E-state index contributed by atoms with van der Waals surface area (Å²) in [5.74, 6) is -0.566. The smallest absolute Gasteiger partial charge is 0.378 e. The second-order valence-electron chi connectivity index (χ2n) is 5.44. The summed E-state index contributed by atoms with van der Waals surface area (Å²) in [7, 11) is 0. The number of aromatic nitrogens is 1. The summed E-state index contributed by atoms with van der Waals surface area (Å²) in [6.45, 7) is 2.89. The number of pyridine rings is 1. The fourth-order valence-corrected chi connectivity index (χ4v) is 2.54. The van der Waals surface area contributed by atoms with Crippen molar-refractivity contribution in [2.24, 2.45) is 5.92 Å². The molecule has 23 heavy (non-hydrogen) atoms. The van der Waals surface area contributed by atoms with E-state index in [-0.39, 0.29) is 36.8 Å². The second kappa shape index (κ2) is 7.63. The number of halogens is 3. The third-order valence-corrected chi connectivity index (χ3v) is 3.77. The quantitative estimate of drug-likeness (QED) is 0.814. The largest absolute Gasteiger partial charge is 0.419 e. The van der Waals surface area contributed by atoms with Gasteiger partial charge >= 0.3 is 6.18 Å². The van der Waals surface area contributed by atoms with E-state index in [0.29, 0.717) is 6.61 Å². The predicted octanol–water partition coefficient (Wildman–Crippen LogP) is 2.44. The van der Waals surface area contributed by atoms with Gasteiger partial charge in [-0.3, -0.25) is 4.79 Å². The summed E-state index contributed by atoms with van der Waals surface area (Å²) in [6, 6.07) is 2.20. The van der Waals surface area contributed by atoms with Gasteiger partial charge in [0, 0.05) is 25.9 Å². The molecule has 2 rings (SSSR count). The maximum absolute atomic E-state index is 12.8. The molecule has 1 aromatic heterocycles. The topological polar surface area (TPSA) is 63.2 Å². The molecule has 1 aliphatic heterocycles. The predicted molar refractivity (Wildman–Crippen MR) is 78.9 cm³/mol. The highest BCUT2D eigenvalue weighted by Crippen LogP contribution is 2.33. The number of amides is 1. The van der Waals surface area contributed by atoms with Crippen LogP contribution in [-0.4, -0.2) is 36.7 Å². The third kappa shape index (κ3) is 4.82. The number of nitrogens with one attached hydrogen (secondary N) is 2. The summed E-state index contributed by atoms with van der Waals surface area (Å²) in [5, 5.41) is 5.33. The van der Waals surface area contributed by atoms with Crippen LogP contribution in [-0.2, 0) is 15.7 Å². The van der Waals surface area contributed by atoms with Crippen LogP contribution >= 0.6 is 0 Å². The van der Waals surface area contributed by atoms with Gasteiger partial charge in [-0.25, -0.2) is 4.98 Å². The number of carbonyl (C=O) groups is 1. The monoisotopic (exact) mass is 331 g/mol. The molecule has 128 valence electrons. The van der Waals surface area contributed by atoms with Crippen LogP contribution in [0.5, 0.6) is 0 Å². The number of nitrogens with zero attached hydrogens (tertiary/aromatic N) is 1. The molecule has 2 unspecified atom stereocenters. The number of alkyl halides is 3. The minimum Gasteiger partial charge on any atom is -0.378 e. The Morgan fingerprint density at radius 2 is 2.22 bits per heavy atom. The van der Waals surface area contributed by atoms with E-state index in [0.717, 1.165) is 18.9 Å². The zero-order valence-corrected chi connectivity index (χ0v) is 12.8. The van der Waals surface area contributed by atoms with Crippen LogP contribution in [0.4, 0.5) is 19.0 Å². The Morgan fingerprint density at radius 1 is 1.43 bits per heavy atom. The first-order valence-corrected chi connectivity index (χ1v) is 7.55. The second-order valence-corrected chi connectivity index (χ2v) is 5.44. The summed E-state index contributed by atoms with van der Waals surface area (Å²) in [6.07, 6.45) is -1.71. The molecule has 0 aliphatic carbocycles. The average Bonchev–Trinajstić information content (AvgIpc) is 2.51. The first-order chi connectivity index (χ1) is 10.9. The maximum atomic E-state index is 12.8. The molecule has 0 saturated carbocycles. The van der Waals surface area contributed by atoms with Gasteiger partial charge in [0.25, 0.3) is 0 Å². The van der Waals surface area contributed by atoms with E-state index in [1.54, 1.807) is 0 Å². The summed E-state index contributed by atoms with van der Waals surface area (Å²) >= 11 is 0. The van der Waals surface area contributed by atoms with E-state index < -0.39 is 11.7 Å². The molecule has 5 nitrogen and oxygen atoms in total. The van der Waals surface area contributed by atoms with E-state index in [1.165, 1.54) is 12.3 Å². The Balaban J connectivity index is 1.81. The molecular formula is C15H20F3N3O2. The summed E-state index contributed by atoms with van der Waals surface area (Å²) in [5.41, 5.74) is -0.819. The van der Waals surface area contributed by atoms with Gasteiger partial charge in [-0.05, 0) is 31.9 Å². The highest BCUT2D eigenvalue weighted by atomic mass is 19.4. The molecule has 1 saturated heterocycles. The Bertz CT molecular complexity index is 537. The zero-order chi connectivity index (χ0) is 16.9. The lowest BCUT2D eigenvalue weighted by atomic mass is 9.94. The molecular weight excluding hydrogens is 311 g/mol. The van der Waals surface area contributed by atoms with Crippen LogP contribution in [0.15, 0.2) is 18.3 Å². The van der Waals surface area contributed by atoms with Gasteiger partial charge in [0.05, 0.1) is 17.6 Å². The molecule has 1 fully saturated rings. The van der Waals surface area contributed by atoms with E-state index in [9.17, 15) is 18.0 Å². The van der Waals surface area contributed by atoms with Crippen LogP contribution in [0, 0.1) is 5.92 Å². The number of ether oxygens (including phenoxy) is 1. The lowest BCUT2D eigenvalue weighted by molar-refractivity contribution is -0.137. The normalized spacial score (nSPS) is 21.7. The minimum absolute atomic E-state index is 0.129. The van der Waals surface area contributed by atoms with Gasteiger partial charge in [-0.2, -0.15) is 13.2 Å². The van der Waals surface area contributed by atoms with Crippen LogP contribution in [0.25, 0.3) is 0 Å². The van der Waals surface area contributed by atoms with Crippen molar-refractivity contribution in [3.8, 4) is 0 Å². The van der Waals surface area contributed by atoms with Crippen molar-refractivity contribution < 1.29 is 22.7 Å². The lowest BCUT2D eigenvalue weighted by Crippen LogP contribution is -2.41. The minimum atomic E-state index is -4.46. The fourth-order valence-electron chi connectivity index (χ4n) is 2.54. The first kappa shape index (κ1) is 17.5. The Morgan fingerprint density at radius 3 is 2.91 bits per heavy atom. The maximum Gasteiger partial charge on any atom is 0.419 e. The molecule has 2 heterocycles. The summed E-state index contributed by atoms with van der Waals surface area (Å²) in [4.78, 5) is 15.7. The standard InChI is InChI=1S/C15H20F3N3O2/c1-10-11(4-3-9-23-10)14(22)21-8-7-20-13-12(15(16,17)18)5-2-6-19-13/h2,5-6,10-11H,3-4,7-9H2,1H3,(H,19,20)(H,21,22). The molecule has 0 radical (unpaired) electrons. The van der Waals surface area contributed by atoms with Crippen LogP contribution in [0.2, 0.25) is 0 Å². The molecule has 1 amide bonds. The molecule has 1 aromatic rings. The van der Waals surface area contributed by atoms with Gasteiger partial charge in [-0.1, -0.05) is 0 Å². The van der Waals surface area contributed by atoms with Crippen LogP contribution in [0.3, 0.4) is 0 Å². The average molecular weight is 331 g/mol. The molecule has 0 aromatic carbocycles. The number of carbonyl (C=O) groups excluding carboxylic acids is 1. The molecule has 0 bridgehead atoms. The number of hydrogen-bond donors (Lipinski definition) is 2. The number of rotatable bonds is 5. The van der Waals surface area contributed by atoms with Crippen molar-refractivity contribution in [2.45, 2.75) is 32.0 Å². The van der Waals surface area contributed by atoms with Crippen LogP contribution < -0.4 is 10.6 Å². The Labute approximate surface area is 132 Å². The Kier molecular flexibility index (Phi) is 5.81. The van der Waals surface area contributed by atoms with Gasteiger partial charge in [0.15, 0.2) is 0 Å².